The molecule has 2 heterocycles. The van der Waals surface area contributed by atoms with Crippen molar-refractivity contribution in [2.24, 2.45) is 5.92 Å². The van der Waals surface area contributed by atoms with Crippen molar-refractivity contribution in [1.29, 1.82) is 5.26 Å². The molecule has 0 amide bonds. The number of H-pyrrole nitrogens is 1. The molecule has 8 heteroatoms. The zero-order valence-electron chi connectivity index (χ0n) is 19.8. The number of nitriles is 1. The van der Waals surface area contributed by atoms with Crippen molar-refractivity contribution in [3.63, 3.8) is 0 Å². The number of imidazole rings is 1. The van der Waals surface area contributed by atoms with Crippen LogP contribution in [0.4, 0.5) is 5.69 Å². The average Bonchev–Trinajstić information content (AvgIpc) is 3.57. The Bertz CT molecular complexity index is 1280. The van der Waals surface area contributed by atoms with Crippen LogP contribution in [0, 0.1) is 17.2 Å². The molecule has 0 bridgehead atoms. The molecule has 1 N–H and O–H groups in total. The second kappa shape index (κ2) is 10.2. The lowest BCUT2D eigenvalue weighted by Crippen LogP contribution is -2.43. The van der Waals surface area contributed by atoms with Crippen molar-refractivity contribution >= 4 is 15.7 Å². The van der Waals surface area contributed by atoms with E-state index in [-0.39, 0.29) is 10.9 Å². The van der Waals surface area contributed by atoms with Gasteiger partial charge in [-0.05, 0) is 54.7 Å². The molecule has 7 nitrogen and oxygen atoms in total. The number of rotatable bonds is 7. The van der Waals surface area contributed by atoms with Crippen molar-refractivity contribution in [3.8, 4) is 6.07 Å². The summed E-state index contributed by atoms with van der Waals surface area (Å²) in [6.45, 7) is 1.38. The van der Waals surface area contributed by atoms with Crippen LogP contribution in [0.3, 0.4) is 0 Å². The van der Waals surface area contributed by atoms with E-state index in [0.717, 1.165) is 35.7 Å². The Labute approximate surface area is 207 Å². The van der Waals surface area contributed by atoms with Gasteiger partial charge in [0.15, 0.2) is 0 Å². The third-order valence-electron chi connectivity index (χ3n) is 7.40. The Balaban J connectivity index is 1.51. The number of benzene rings is 2. The summed E-state index contributed by atoms with van der Waals surface area (Å²) < 4.78 is 29.2. The van der Waals surface area contributed by atoms with Crippen LogP contribution in [0.1, 0.15) is 55.3 Å². The van der Waals surface area contributed by atoms with Crippen LogP contribution in [0.2, 0.25) is 0 Å². The highest BCUT2D eigenvalue weighted by molar-refractivity contribution is 7.89. The monoisotopic (exact) mass is 489 g/mol. The lowest BCUT2D eigenvalue weighted by atomic mass is 9.97. The Morgan fingerprint density at radius 1 is 1.06 bits per heavy atom. The molecule has 1 atom stereocenters. The highest BCUT2D eigenvalue weighted by Crippen LogP contribution is 2.35. The van der Waals surface area contributed by atoms with E-state index >= 15 is 0 Å². The van der Waals surface area contributed by atoms with Gasteiger partial charge in [-0.1, -0.05) is 43.9 Å². The number of sulfonamides is 1. The summed E-state index contributed by atoms with van der Waals surface area (Å²) in [6.07, 6.45) is 10.7. The number of hydrogen-bond acceptors (Lipinski definition) is 5. The van der Waals surface area contributed by atoms with E-state index in [1.54, 1.807) is 34.9 Å². The Morgan fingerprint density at radius 3 is 2.54 bits per heavy atom. The topological polar surface area (TPSA) is 93.1 Å². The van der Waals surface area contributed by atoms with Crippen molar-refractivity contribution in [2.75, 3.05) is 11.4 Å². The van der Waals surface area contributed by atoms with Gasteiger partial charge in [0, 0.05) is 31.0 Å². The molecule has 3 aromatic rings. The van der Waals surface area contributed by atoms with Gasteiger partial charge < -0.3 is 9.88 Å². The van der Waals surface area contributed by atoms with E-state index in [9.17, 15) is 8.42 Å². The SMILES string of the molecule is N#Cc1ccc(S(=O)(=O)N2Cc3ccccc3N(Cc3cnc[nH]3)[C@H](CCC3CCCC3)C2)cc1. The minimum absolute atomic E-state index is 0.0377. The molecule has 182 valence electrons. The van der Waals surface area contributed by atoms with Crippen LogP contribution in [-0.4, -0.2) is 35.3 Å². The fourth-order valence-corrected chi connectivity index (χ4v) is 6.94. The minimum Gasteiger partial charge on any atom is -0.361 e. The number of anilines is 1. The Morgan fingerprint density at radius 2 is 1.83 bits per heavy atom. The van der Waals surface area contributed by atoms with Crippen LogP contribution in [0.15, 0.2) is 66.0 Å². The maximum Gasteiger partial charge on any atom is 0.243 e. The van der Waals surface area contributed by atoms with Gasteiger partial charge in [0.1, 0.15) is 0 Å². The fourth-order valence-electron chi connectivity index (χ4n) is 5.49. The number of para-hydroxylation sites is 1. The maximum atomic E-state index is 13.8. The van der Waals surface area contributed by atoms with Gasteiger partial charge in [0.2, 0.25) is 10.0 Å². The molecule has 1 aliphatic heterocycles. The molecule has 0 unspecified atom stereocenters. The van der Waals surface area contributed by atoms with E-state index in [2.05, 4.69) is 27.0 Å². The summed E-state index contributed by atoms with van der Waals surface area (Å²) in [5, 5.41) is 9.12. The van der Waals surface area contributed by atoms with Gasteiger partial charge in [-0.25, -0.2) is 13.4 Å². The molecule has 0 spiro atoms. The molecule has 1 saturated carbocycles. The van der Waals surface area contributed by atoms with Crippen LogP contribution >= 0.6 is 0 Å². The van der Waals surface area contributed by atoms with E-state index < -0.39 is 10.0 Å². The molecule has 1 aliphatic carbocycles. The van der Waals surface area contributed by atoms with Crippen molar-refractivity contribution in [3.05, 3.63) is 77.9 Å². The predicted octanol–water partition coefficient (Wildman–Crippen LogP) is 4.83. The molecule has 1 aromatic heterocycles. The lowest BCUT2D eigenvalue weighted by molar-refractivity contribution is 0.350. The summed E-state index contributed by atoms with van der Waals surface area (Å²) in [4.78, 5) is 10.0. The maximum absolute atomic E-state index is 13.8. The Kier molecular flexibility index (Phi) is 6.89. The van der Waals surface area contributed by atoms with Crippen LogP contribution in [0.5, 0.6) is 0 Å². The number of nitrogens with zero attached hydrogens (tertiary/aromatic N) is 4. The summed E-state index contributed by atoms with van der Waals surface area (Å²) >= 11 is 0. The summed E-state index contributed by atoms with van der Waals surface area (Å²) in [6, 6.07) is 16.4. The van der Waals surface area contributed by atoms with Gasteiger partial charge in [-0.2, -0.15) is 9.57 Å². The van der Waals surface area contributed by atoms with Crippen LogP contribution in [0.25, 0.3) is 0 Å². The minimum atomic E-state index is -3.73. The molecule has 2 aliphatic rings. The second-order valence-electron chi connectivity index (χ2n) is 9.65. The van der Waals surface area contributed by atoms with Gasteiger partial charge in [-0.15, -0.1) is 0 Å². The van der Waals surface area contributed by atoms with Gasteiger partial charge in [0.25, 0.3) is 0 Å². The number of hydrogen-bond donors (Lipinski definition) is 1. The molecule has 0 saturated heterocycles. The number of fused-ring (bicyclic) bond motifs is 1. The van der Waals surface area contributed by atoms with E-state index in [1.165, 1.54) is 25.7 Å². The van der Waals surface area contributed by atoms with E-state index in [4.69, 9.17) is 5.26 Å². The zero-order valence-corrected chi connectivity index (χ0v) is 20.6. The molecular formula is C27H31N5O2S. The third kappa shape index (κ3) is 5.12. The highest BCUT2D eigenvalue weighted by atomic mass is 32.2. The third-order valence-corrected chi connectivity index (χ3v) is 9.23. The first-order chi connectivity index (χ1) is 17.0. The summed E-state index contributed by atoms with van der Waals surface area (Å²) in [7, 11) is -3.73. The largest absolute Gasteiger partial charge is 0.361 e. The van der Waals surface area contributed by atoms with E-state index in [1.807, 2.05) is 24.4 Å². The lowest BCUT2D eigenvalue weighted by Gasteiger charge is -2.34. The summed E-state index contributed by atoms with van der Waals surface area (Å²) in [5.74, 6) is 0.728. The first kappa shape index (κ1) is 23.6. The van der Waals surface area contributed by atoms with Crippen LogP contribution < -0.4 is 4.90 Å². The Hall–Kier alpha value is -3.15. The van der Waals surface area contributed by atoms with Crippen molar-refractivity contribution in [2.45, 2.75) is 62.6 Å². The predicted molar refractivity (Wildman–Crippen MR) is 135 cm³/mol. The van der Waals surface area contributed by atoms with Crippen molar-refractivity contribution < 1.29 is 8.42 Å². The molecule has 2 aromatic carbocycles. The number of aromatic nitrogens is 2. The second-order valence-corrected chi connectivity index (χ2v) is 11.6. The normalized spacial score (nSPS) is 19.3. The van der Waals surface area contributed by atoms with Gasteiger partial charge in [-0.3, -0.25) is 0 Å². The quantitative estimate of drug-likeness (QED) is 0.513. The van der Waals surface area contributed by atoms with E-state index in [0.29, 0.717) is 25.2 Å². The zero-order chi connectivity index (χ0) is 24.3. The molecule has 1 fully saturated rings. The first-order valence-electron chi connectivity index (χ1n) is 12.4. The van der Waals surface area contributed by atoms with Crippen molar-refractivity contribution in [1.82, 2.24) is 14.3 Å². The fraction of sp³-hybridized carbons (Fsp3) is 0.407. The number of nitrogens with one attached hydrogen (secondary N) is 1. The molecule has 35 heavy (non-hydrogen) atoms. The molecule has 5 rings (SSSR count). The average molecular weight is 490 g/mol. The van der Waals surface area contributed by atoms with Crippen LogP contribution in [-0.2, 0) is 23.1 Å². The smallest absolute Gasteiger partial charge is 0.243 e. The highest BCUT2D eigenvalue weighted by Gasteiger charge is 2.35. The summed E-state index contributed by atoms with van der Waals surface area (Å²) in [5.41, 5.74) is 3.53. The van der Waals surface area contributed by atoms with Gasteiger partial charge in [0.05, 0.1) is 35.1 Å². The molecule has 0 radical (unpaired) electrons. The number of aromatic amines is 1. The van der Waals surface area contributed by atoms with Gasteiger partial charge >= 0.3 is 0 Å². The molecular weight excluding hydrogens is 458 g/mol. The first-order valence-corrected chi connectivity index (χ1v) is 13.8. The standard InChI is InChI=1S/C27H31N5O2S/c28-15-22-10-13-26(14-11-22)35(33,34)31-17-23-7-3-4-8-27(23)32(18-24-16-29-20-30-24)25(19-31)12-9-21-5-1-2-6-21/h3-4,7-8,10-11,13-14,16,20-21,25H,1-2,5-6,9,12,17-19H2,(H,29,30)/t25-/m1/s1.